The Kier molecular flexibility index (Phi) is 11.0. The second kappa shape index (κ2) is 14.4. The van der Waals surface area contributed by atoms with Gasteiger partial charge in [0, 0.05) is 26.7 Å². The number of ether oxygens (including phenoxy) is 4. The van der Waals surface area contributed by atoms with Crippen molar-refractivity contribution in [2.75, 3.05) is 47.1 Å². The van der Waals surface area contributed by atoms with E-state index in [0.29, 0.717) is 50.2 Å². The van der Waals surface area contributed by atoms with Crippen molar-refractivity contribution < 1.29 is 24.1 Å². The minimum atomic E-state index is -0.658. The quantitative estimate of drug-likeness (QED) is 0.235. The van der Waals surface area contributed by atoms with E-state index in [9.17, 15) is 5.11 Å². The molecule has 0 bridgehead atoms. The zero-order valence-electron chi connectivity index (χ0n) is 21.4. The molecular formula is C28H37N3O5. The Hall–Kier alpha value is -3.17. The van der Waals surface area contributed by atoms with Crippen LogP contribution in [0.25, 0.3) is 5.69 Å². The van der Waals surface area contributed by atoms with Gasteiger partial charge in [0.25, 0.3) is 0 Å². The van der Waals surface area contributed by atoms with Gasteiger partial charge in [0.05, 0.1) is 50.0 Å². The van der Waals surface area contributed by atoms with Gasteiger partial charge in [-0.2, -0.15) is 5.10 Å². The number of hydrogen-bond acceptors (Lipinski definition) is 7. The Morgan fingerprint density at radius 2 is 1.81 bits per heavy atom. The molecule has 36 heavy (non-hydrogen) atoms. The molecule has 194 valence electrons. The molecule has 0 amide bonds. The number of aliphatic hydroxyl groups excluding tert-OH is 1. The first-order valence-electron chi connectivity index (χ1n) is 12.2. The molecule has 8 nitrogen and oxygen atoms in total. The lowest BCUT2D eigenvalue weighted by Gasteiger charge is -2.25. The van der Waals surface area contributed by atoms with Gasteiger partial charge in [-0.1, -0.05) is 43.3 Å². The lowest BCUT2D eigenvalue weighted by atomic mass is 10.1. The summed E-state index contributed by atoms with van der Waals surface area (Å²) in [6, 6.07) is 17.5. The molecule has 2 aromatic carbocycles. The molecule has 3 rings (SSSR count). The predicted octanol–water partition coefficient (Wildman–Crippen LogP) is 4.25. The fourth-order valence-corrected chi connectivity index (χ4v) is 3.89. The van der Waals surface area contributed by atoms with Gasteiger partial charge in [-0.05, 0) is 30.7 Å². The van der Waals surface area contributed by atoms with E-state index in [-0.39, 0.29) is 6.61 Å². The number of methoxy groups -OCH3 is 2. The fourth-order valence-electron chi connectivity index (χ4n) is 3.89. The smallest absolute Gasteiger partial charge is 0.227 e. The maximum absolute atomic E-state index is 10.6. The van der Waals surface area contributed by atoms with E-state index in [1.54, 1.807) is 20.3 Å². The van der Waals surface area contributed by atoms with Crippen LogP contribution in [0.4, 0.5) is 0 Å². The second-order valence-corrected chi connectivity index (χ2v) is 8.29. The third kappa shape index (κ3) is 7.41. The number of nitrogens with zero attached hydrogens (tertiary/aromatic N) is 3. The highest BCUT2D eigenvalue weighted by Gasteiger charge is 2.24. The van der Waals surface area contributed by atoms with Gasteiger partial charge < -0.3 is 24.1 Å². The highest BCUT2D eigenvalue weighted by molar-refractivity contribution is 5.47. The molecule has 1 atom stereocenters. The highest BCUT2D eigenvalue weighted by Crippen LogP contribution is 2.36. The molecule has 8 heteroatoms. The van der Waals surface area contributed by atoms with Crippen LogP contribution in [0.2, 0.25) is 0 Å². The van der Waals surface area contributed by atoms with Crippen LogP contribution in [-0.4, -0.2) is 73.0 Å². The van der Waals surface area contributed by atoms with Crippen molar-refractivity contribution in [2.24, 2.45) is 0 Å². The number of benzene rings is 2. The van der Waals surface area contributed by atoms with Crippen molar-refractivity contribution in [1.29, 1.82) is 0 Å². The summed E-state index contributed by atoms with van der Waals surface area (Å²) in [6.45, 7) is 8.43. The second-order valence-electron chi connectivity index (χ2n) is 8.29. The molecular weight excluding hydrogens is 458 g/mol. The molecule has 0 saturated carbocycles. The first kappa shape index (κ1) is 27.4. The molecule has 1 N–H and O–H groups in total. The number of hydrogen-bond donors (Lipinski definition) is 1. The maximum atomic E-state index is 10.6. The summed E-state index contributed by atoms with van der Waals surface area (Å²) in [6.07, 6.45) is 1.73. The summed E-state index contributed by atoms with van der Waals surface area (Å²) >= 11 is 0. The average molecular weight is 496 g/mol. The summed E-state index contributed by atoms with van der Waals surface area (Å²) < 4.78 is 24.7. The molecule has 0 spiro atoms. The highest BCUT2D eigenvalue weighted by atomic mass is 16.5. The summed E-state index contributed by atoms with van der Waals surface area (Å²) in [4.78, 5) is 2.13. The van der Waals surface area contributed by atoms with Crippen molar-refractivity contribution in [1.82, 2.24) is 14.7 Å². The third-order valence-electron chi connectivity index (χ3n) is 5.64. The van der Waals surface area contributed by atoms with Crippen molar-refractivity contribution in [3.63, 3.8) is 0 Å². The van der Waals surface area contributed by atoms with Gasteiger partial charge >= 0.3 is 0 Å². The topological polar surface area (TPSA) is 78.2 Å². The summed E-state index contributed by atoms with van der Waals surface area (Å²) in [7, 11) is 3.29. The lowest BCUT2D eigenvalue weighted by Crippen LogP contribution is -2.36. The van der Waals surface area contributed by atoms with Gasteiger partial charge in [0.1, 0.15) is 0 Å². The largest absolute Gasteiger partial charge is 0.493 e. The Morgan fingerprint density at radius 3 is 2.47 bits per heavy atom. The predicted molar refractivity (Wildman–Crippen MR) is 140 cm³/mol. The fraction of sp³-hybridized carbons (Fsp3) is 0.393. The summed E-state index contributed by atoms with van der Waals surface area (Å²) in [5.74, 6) is 1.85. The molecule has 0 aliphatic carbocycles. The maximum Gasteiger partial charge on any atom is 0.227 e. The Balaban J connectivity index is 2.00. The number of aromatic nitrogens is 2. The first-order chi connectivity index (χ1) is 17.6. The Bertz CT molecular complexity index is 1070. The molecule has 3 aromatic rings. The number of para-hydroxylation sites is 3. The lowest BCUT2D eigenvalue weighted by molar-refractivity contribution is 0.0192. The van der Waals surface area contributed by atoms with Gasteiger partial charge in [0.15, 0.2) is 11.5 Å². The monoisotopic (exact) mass is 495 g/mol. The Labute approximate surface area is 213 Å². The van der Waals surface area contributed by atoms with E-state index < -0.39 is 6.10 Å². The van der Waals surface area contributed by atoms with Crippen LogP contribution in [-0.2, 0) is 22.4 Å². The van der Waals surface area contributed by atoms with Gasteiger partial charge in [0.2, 0.25) is 5.88 Å². The van der Waals surface area contributed by atoms with Crippen molar-refractivity contribution in [3.05, 3.63) is 78.5 Å². The SMILES string of the molecule is C=CCOC[C@@H](O)CN(CCOC)Cc1c(CC)nn(-c2ccccc2)c1Oc1ccccc1OC. The number of aryl methyl sites for hydroxylation is 1. The summed E-state index contributed by atoms with van der Waals surface area (Å²) in [5.41, 5.74) is 2.76. The van der Waals surface area contributed by atoms with E-state index in [2.05, 4.69) is 18.4 Å². The minimum Gasteiger partial charge on any atom is -0.493 e. The minimum absolute atomic E-state index is 0.226. The molecule has 1 aromatic heterocycles. The third-order valence-corrected chi connectivity index (χ3v) is 5.64. The van der Waals surface area contributed by atoms with Gasteiger partial charge in [-0.3, -0.25) is 4.90 Å². The van der Waals surface area contributed by atoms with Crippen molar-refractivity contribution in [2.45, 2.75) is 26.0 Å². The van der Waals surface area contributed by atoms with Crippen LogP contribution in [0.5, 0.6) is 17.4 Å². The van der Waals surface area contributed by atoms with Crippen LogP contribution in [0.3, 0.4) is 0 Å². The molecule has 0 unspecified atom stereocenters. The molecule has 0 fully saturated rings. The zero-order valence-corrected chi connectivity index (χ0v) is 21.4. The molecule has 0 aliphatic heterocycles. The number of rotatable bonds is 16. The zero-order chi connectivity index (χ0) is 25.8. The molecule has 0 aliphatic rings. The van der Waals surface area contributed by atoms with E-state index in [1.165, 1.54) is 0 Å². The van der Waals surface area contributed by atoms with E-state index >= 15 is 0 Å². The van der Waals surface area contributed by atoms with Crippen molar-refractivity contribution >= 4 is 0 Å². The number of aliphatic hydroxyl groups is 1. The van der Waals surface area contributed by atoms with E-state index in [0.717, 1.165) is 23.4 Å². The summed E-state index contributed by atoms with van der Waals surface area (Å²) in [5, 5.41) is 15.5. The van der Waals surface area contributed by atoms with E-state index in [1.807, 2.05) is 59.3 Å². The van der Waals surface area contributed by atoms with Crippen LogP contribution in [0, 0.1) is 0 Å². The Morgan fingerprint density at radius 1 is 1.08 bits per heavy atom. The van der Waals surface area contributed by atoms with Gasteiger partial charge in [-0.15, -0.1) is 6.58 Å². The van der Waals surface area contributed by atoms with Crippen LogP contribution >= 0.6 is 0 Å². The van der Waals surface area contributed by atoms with Gasteiger partial charge in [-0.25, -0.2) is 4.68 Å². The van der Waals surface area contributed by atoms with E-state index in [4.69, 9.17) is 24.0 Å². The average Bonchev–Trinajstić information content (AvgIpc) is 3.25. The first-order valence-corrected chi connectivity index (χ1v) is 12.2. The normalized spacial score (nSPS) is 12.0. The van der Waals surface area contributed by atoms with Crippen LogP contribution < -0.4 is 9.47 Å². The van der Waals surface area contributed by atoms with Crippen molar-refractivity contribution in [3.8, 4) is 23.1 Å². The molecule has 1 heterocycles. The van der Waals surface area contributed by atoms with Crippen LogP contribution in [0.15, 0.2) is 67.3 Å². The molecule has 0 radical (unpaired) electrons. The standard InChI is InChI=1S/C28H37N3O5/c1-5-17-35-21-23(32)19-30(16-18-33-3)20-24-25(6-2)29-31(22-12-8-7-9-13-22)28(24)36-27-15-11-10-14-26(27)34-4/h5,7-15,23,32H,1,6,16-21H2,2-4H3/t23-/m0/s1. The van der Waals surface area contributed by atoms with Crippen LogP contribution in [0.1, 0.15) is 18.2 Å². The molecule has 0 saturated heterocycles.